The van der Waals surface area contributed by atoms with Gasteiger partial charge in [0, 0.05) is 5.56 Å². The zero-order valence-corrected chi connectivity index (χ0v) is 9.88. The molecule has 92 valence electrons. The van der Waals surface area contributed by atoms with Crippen molar-refractivity contribution in [2.24, 2.45) is 0 Å². The molecule has 19 heavy (non-hydrogen) atoms. The first-order valence-corrected chi connectivity index (χ1v) is 5.76. The second kappa shape index (κ2) is 4.57. The third-order valence-electron chi connectivity index (χ3n) is 2.83. The summed E-state index contributed by atoms with van der Waals surface area (Å²) in [6.45, 7) is 0. The summed E-state index contributed by atoms with van der Waals surface area (Å²) in [4.78, 5) is 19.8. The highest BCUT2D eigenvalue weighted by Crippen LogP contribution is 2.22. The van der Waals surface area contributed by atoms with Crippen molar-refractivity contribution in [3.8, 4) is 11.3 Å². The molecule has 0 aliphatic heterocycles. The molecular weight excluding hydrogens is 243 g/mol. The maximum absolute atomic E-state index is 12.9. The predicted octanol–water partition coefficient (Wildman–Crippen LogP) is 3.25. The molecule has 0 fully saturated rings. The Morgan fingerprint density at radius 3 is 2.16 bits per heavy atom. The summed E-state index contributed by atoms with van der Waals surface area (Å²) in [6.07, 6.45) is 0.665. The van der Waals surface area contributed by atoms with Crippen LogP contribution < -0.4 is 0 Å². The molecular formula is C15H9FN2O. The van der Waals surface area contributed by atoms with Crippen LogP contribution in [-0.4, -0.2) is 16.3 Å². The number of fused-ring (bicyclic) bond motifs is 1. The van der Waals surface area contributed by atoms with Crippen molar-refractivity contribution in [1.82, 2.24) is 9.97 Å². The number of nitrogens with zero attached hydrogens (tertiary/aromatic N) is 2. The highest BCUT2D eigenvalue weighted by atomic mass is 19.1. The van der Waals surface area contributed by atoms with Crippen LogP contribution in [0.5, 0.6) is 0 Å². The van der Waals surface area contributed by atoms with Gasteiger partial charge in [-0.05, 0) is 36.4 Å². The number of hydrogen-bond donors (Lipinski definition) is 0. The summed E-state index contributed by atoms with van der Waals surface area (Å²) in [5.41, 5.74) is 2.75. The molecule has 1 heterocycles. The summed E-state index contributed by atoms with van der Waals surface area (Å²) in [5.74, 6) is -0.329. The van der Waals surface area contributed by atoms with Crippen LogP contribution in [0.4, 0.5) is 4.39 Å². The van der Waals surface area contributed by atoms with Crippen molar-refractivity contribution >= 4 is 17.3 Å². The highest BCUT2D eigenvalue weighted by molar-refractivity contribution is 5.88. The molecule has 0 radical (unpaired) electrons. The van der Waals surface area contributed by atoms with Crippen molar-refractivity contribution in [2.45, 2.75) is 0 Å². The van der Waals surface area contributed by atoms with E-state index >= 15 is 0 Å². The first-order valence-electron chi connectivity index (χ1n) is 5.76. The van der Waals surface area contributed by atoms with E-state index in [9.17, 15) is 9.18 Å². The third kappa shape index (κ3) is 2.08. The summed E-state index contributed by atoms with van der Waals surface area (Å²) >= 11 is 0. The Morgan fingerprint density at radius 2 is 1.53 bits per heavy atom. The van der Waals surface area contributed by atoms with Gasteiger partial charge < -0.3 is 0 Å². The standard InChI is InChI=1S/C15H9FN2O/c16-11-7-5-10(6-8-11)15-14(9-19)17-12-3-1-2-4-13(12)18-15/h1-9H. The first-order chi connectivity index (χ1) is 9.28. The lowest BCUT2D eigenvalue weighted by atomic mass is 10.1. The molecule has 3 aromatic rings. The number of carbonyl (C=O) groups is 1. The number of hydrogen-bond acceptors (Lipinski definition) is 3. The van der Waals surface area contributed by atoms with E-state index in [0.717, 1.165) is 0 Å². The SMILES string of the molecule is O=Cc1nc2ccccc2nc1-c1ccc(F)cc1. The van der Waals surface area contributed by atoms with Gasteiger partial charge in [0.15, 0.2) is 6.29 Å². The molecule has 0 amide bonds. The van der Waals surface area contributed by atoms with E-state index in [1.54, 1.807) is 18.2 Å². The molecule has 0 aliphatic carbocycles. The van der Waals surface area contributed by atoms with Gasteiger partial charge in [0.25, 0.3) is 0 Å². The Morgan fingerprint density at radius 1 is 0.895 bits per heavy atom. The number of benzene rings is 2. The number of para-hydroxylation sites is 2. The second-order valence-electron chi connectivity index (χ2n) is 4.07. The Balaban J connectivity index is 2.26. The number of aromatic nitrogens is 2. The number of halogens is 1. The van der Waals surface area contributed by atoms with Crippen molar-refractivity contribution in [1.29, 1.82) is 0 Å². The van der Waals surface area contributed by atoms with Gasteiger partial charge in [-0.1, -0.05) is 12.1 Å². The molecule has 0 N–H and O–H groups in total. The normalized spacial score (nSPS) is 10.6. The second-order valence-corrected chi connectivity index (χ2v) is 4.07. The lowest BCUT2D eigenvalue weighted by Gasteiger charge is -2.05. The Hall–Kier alpha value is -2.62. The molecule has 0 saturated carbocycles. The van der Waals surface area contributed by atoms with Crippen molar-refractivity contribution in [3.05, 3.63) is 60.0 Å². The fourth-order valence-electron chi connectivity index (χ4n) is 1.92. The molecule has 0 spiro atoms. The zero-order chi connectivity index (χ0) is 13.2. The molecule has 3 rings (SSSR count). The smallest absolute Gasteiger partial charge is 0.170 e. The van der Waals surface area contributed by atoms with E-state index in [0.29, 0.717) is 28.6 Å². The maximum Gasteiger partial charge on any atom is 0.170 e. The van der Waals surface area contributed by atoms with Gasteiger partial charge in [-0.2, -0.15) is 0 Å². The van der Waals surface area contributed by atoms with Crippen LogP contribution in [0.2, 0.25) is 0 Å². The van der Waals surface area contributed by atoms with Crippen LogP contribution in [0.25, 0.3) is 22.3 Å². The van der Waals surface area contributed by atoms with E-state index in [-0.39, 0.29) is 11.5 Å². The Labute approximate surface area is 108 Å². The van der Waals surface area contributed by atoms with Gasteiger partial charge in [-0.3, -0.25) is 4.79 Å². The monoisotopic (exact) mass is 252 g/mol. The summed E-state index contributed by atoms with van der Waals surface area (Å²) in [7, 11) is 0. The Bertz CT molecular complexity index is 754. The topological polar surface area (TPSA) is 42.9 Å². The molecule has 0 bridgehead atoms. The molecule has 0 saturated heterocycles. The molecule has 0 unspecified atom stereocenters. The zero-order valence-electron chi connectivity index (χ0n) is 9.88. The van der Waals surface area contributed by atoms with E-state index in [4.69, 9.17) is 0 Å². The number of carbonyl (C=O) groups excluding carboxylic acids is 1. The van der Waals surface area contributed by atoms with Gasteiger partial charge in [-0.25, -0.2) is 14.4 Å². The van der Waals surface area contributed by atoms with Gasteiger partial charge in [0.1, 0.15) is 17.2 Å². The average molecular weight is 252 g/mol. The van der Waals surface area contributed by atoms with Crippen LogP contribution in [-0.2, 0) is 0 Å². The molecule has 3 nitrogen and oxygen atoms in total. The minimum Gasteiger partial charge on any atom is -0.296 e. The third-order valence-corrected chi connectivity index (χ3v) is 2.83. The van der Waals surface area contributed by atoms with E-state index < -0.39 is 0 Å². The van der Waals surface area contributed by atoms with Crippen LogP contribution in [0.15, 0.2) is 48.5 Å². The summed E-state index contributed by atoms with van der Waals surface area (Å²) < 4.78 is 12.9. The fourth-order valence-corrected chi connectivity index (χ4v) is 1.92. The minimum atomic E-state index is -0.329. The van der Waals surface area contributed by atoms with Gasteiger partial charge in [0.2, 0.25) is 0 Å². The molecule has 4 heteroatoms. The maximum atomic E-state index is 12.9. The molecule has 0 aliphatic rings. The Kier molecular flexibility index (Phi) is 2.76. The predicted molar refractivity (Wildman–Crippen MR) is 70.3 cm³/mol. The lowest BCUT2D eigenvalue weighted by molar-refractivity contribution is 0.111. The van der Waals surface area contributed by atoms with Crippen LogP contribution in [0, 0.1) is 5.82 Å². The molecule has 0 atom stereocenters. The lowest BCUT2D eigenvalue weighted by Crippen LogP contribution is -1.97. The van der Waals surface area contributed by atoms with Crippen molar-refractivity contribution < 1.29 is 9.18 Å². The highest BCUT2D eigenvalue weighted by Gasteiger charge is 2.10. The van der Waals surface area contributed by atoms with E-state index in [1.807, 2.05) is 18.2 Å². The quantitative estimate of drug-likeness (QED) is 0.657. The van der Waals surface area contributed by atoms with Crippen molar-refractivity contribution in [3.63, 3.8) is 0 Å². The first kappa shape index (κ1) is 11.5. The van der Waals surface area contributed by atoms with Crippen LogP contribution in [0.3, 0.4) is 0 Å². The van der Waals surface area contributed by atoms with Gasteiger partial charge in [-0.15, -0.1) is 0 Å². The minimum absolute atomic E-state index is 0.255. The summed E-state index contributed by atoms with van der Waals surface area (Å²) in [6, 6.07) is 13.1. The van der Waals surface area contributed by atoms with E-state index in [2.05, 4.69) is 9.97 Å². The molecule has 1 aromatic heterocycles. The van der Waals surface area contributed by atoms with E-state index in [1.165, 1.54) is 12.1 Å². The number of rotatable bonds is 2. The fraction of sp³-hybridized carbons (Fsp3) is 0. The summed E-state index contributed by atoms with van der Waals surface area (Å²) in [5, 5.41) is 0. The van der Waals surface area contributed by atoms with Gasteiger partial charge >= 0.3 is 0 Å². The van der Waals surface area contributed by atoms with Crippen LogP contribution >= 0.6 is 0 Å². The number of aldehydes is 1. The molecule has 2 aromatic carbocycles. The largest absolute Gasteiger partial charge is 0.296 e. The van der Waals surface area contributed by atoms with Gasteiger partial charge in [0.05, 0.1) is 11.0 Å². The van der Waals surface area contributed by atoms with Crippen molar-refractivity contribution in [2.75, 3.05) is 0 Å². The van der Waals surface area contributed by atoms with Crippen LogP contribution in [0.1, 0.15) is 10.5 Å². The average Bonchev–Trinajstić information content (AvgIpc) is 2.46.